The molecule has 1 atom stereocenters. The van der Waals surface area contributed by atoms with Crippen molar-refractivity contribution in [2.45, 2.75) is 51.5 Å². The normalized spacial score (nSPS) is 22.1. The molecule has 0 aliphatic carbocycles. The van der Waals surface area contributed by atoms with Crippen LogP contribution < -0.4 is 0 Å². The molecule has 136 valence electrons. The summed E-state index contributed by atoms with van der Waals surface area (Å²) >= 11 is 0. The molecule has 0 spiro atoms. The smallest absolute Gasteiger partial charge is 0.253 e. The van der Waals surface area contributed by atoms with E-state index in [-0.39, 0.29) is 17.7 Å². The van der Waals surface area contributed by atoms with Crippen molar-refractivity contribution >= 4 is 11.8 Å². The zero-order valence-electron chi connectivity index (χ0n) is 14.9. The number of hydrogen-bond acceptors (Lipinski definition) is 2. The van der Waals surface area contributed by atoms with Crippen molar-refractivity contribution in [3.63, 3.8) is 0 Å². The second kappa shape index (κ2) is 7.98. The molecule has 0 N–H and O–H groups in total. The van der Waals surface area contributed by atoms with Crippen LogP contribution in [0.25, 0.3) is 0 Å². The maximum absolute atomic E-state index is 13.3. The van der Waals surface area contributed by atoms with Gasteiger partial charge in [-0.3, -0.25) is 9.59 Å². The number of carbonyl (C=O) groups is 2. The van der Waals surface area contributed by atoms with E-state index in [2.05, 4.69) is 11.8 Å². The summed E-state index contributed by atoms with van der Waals surface area (Å²) in [5.74, 6) is -0.255. The van der Waals surface area contributed by atoms with E-state index in [0.717, 1.165) is 25.8 Å². The van der Waals surface area contributed by atoms with Gasteiger partial charge in [0.25, 0.3) is 5.91 Å². The predicted molar refractivity (Wildman–Crippen MR) is 94.7 cm³/mol. The standard InChI is InChI=1S/C20H27FN2O2/c1-2-18-8-3-4-11-23(18)20(25)15-9-12-22(13-10-15)19(24)16-6-5-7-17(21)14-16/h5-7,14-15,18H,2-4,8-13H2,1H3/t18-/m1/s1. The van der Waals surface area contributed by atoms with Crippen molar-refractivity contribution in [2.75, 3.05) is 19.6 Å². The molecule has 2 aliphatic heterocycles. The number of carbonyl (C=O) groups excluding carboxylic acids is 2. The second-order valence-corrected chi connectivity index (χ2v) is 7.17. The van der Waals surface area contributed by atoms with Crippen molar-refractivity contribution in [3.8, 4) is 0 Å². The lowest BCUT2D eigenvalue weighted by Gasteiger charge is -2.39. The van der Waals surface area contributed by atoms with E-state index in [1.165, 1.54) is 18.6 Å². The zero-order chi connectivity index (χ0) is 17.8. The summed E-state index contributed by atoms with van der Waals surface area (Å²) in [5.41, 5.74) is 0.381. The highest BCUT2D eigenvalue weighted by Crippen LogP contribution is 2.26. The van der Waals surface area contributed by atoms with Crippen LogP contribution in [-0.4, -0.2) is 47.3 Å². The van der Waals surface area contributed by atoms with Gasteiger partial charge in [-0.1, -0.05) is 13.0 Å². The van der Waals surface area contributed by atoms with Crippen LogP contribution in [0.1, 0.15) is 55.8 Å². The summed E-state index contributed by atoms with van der Waals surface area (Å²) in [6, 6.07) is 6.19. The molecule has 2 aliphatic rings. The monoisotopic (exact) mass is 346 g/mol. The molecule has 1 aromatic rings. The number of benzene rings is 1. The largest absolute Gasteiger partial charge is 0.339 e. The van der Waals surface area contributed by atoms with E-state index in [1.54, 1.807) is 17.0 Å². The van der Waals surface area contributed by atoms with Gasteiger partial charge in [-0.25, -0.2) is 4.39 Å². The predicted octanol–water partition coefficient (Wildman–Crippen LogP) is 3.47. The Bertz CT molecular complexity index is 626. The average molecular weight is 346 g/mol. The molecule has 0 unspecified atom stereocenters. The molecule has 2 saturated heterocycles. The maximum atomic E-state index is 13.3. The Hall–Kier alpha value is -1.91. The molecule has 0 bridgehead atoms. The van der Waals surface area contributed by atoms with Gasteiger partial charge in [0.05, 0.1) is 0 Å². The van der Waals surface area contributed by atoms with Gasteiger partial charge in [0, 0.05) is 37.2 Å². The number of amides is 2. The van der Waals surface area contributed by atoms with Crippen LogP contribution >= 0.6 is 0 Å². The minimum Gasteiger partial charge on any atom is -0.339 e. The van der Waals surface area contributed by atoms with Crippen LogP contribution in [0.2, 0.25) is 0 Å². The van der Waals surface area contributed by atoms with Crippen LogP contribution in [-0.2, 0) is 4.79 Å². The molecule has 3 rings (SSSR count). The van der Waals surface area contributed by atoms with Gasteiger partial charge in [-0.15, -0.1) is 0 Å². The molecular formula is C20H27FN2O2. The summed E-state index contributed by atoms with van der Waals surface area (Å²) in [6.45, 7) is 4.16. The van der Waals surface area contributed by atoms with E-state index < -0.39 is 5.82 Å². The van der Waals surface area contributed by atoms with Gasteiger partial charge in [-0.05, 0) is 56.7 Å². The summed E-state index contributed by atoms with van der Waals surface area (Å²) in [5, 5.41) is 0. The first kappa shape index (κ1) is 17.9. The lowest BCUT2D eigenvalue weighted by molar-refractivity contribution is -0.140. The Kier molecular flexibility index (Phi) is 5.71. The highest BCUT2D eigenvalue weighted by Gasteiger charge is 2.33. The lowest BCUT2D eigenvalue weighted by atomic mass is 9.91. The lowest BCUT2D eigenvalue weighted by Crippen LogP contribution is -2.49. The molecule has 1 aromatic carbocycles. The molecular weight excluding hydrogens is 319 g/mol. The van der Waals surface area contributed by atoms with E-state index in [4.69, 9.17) is 0 Å². The van der Waals surface area contributed by atoms with E-state index in [9.17, 15) is 14.0 Å². The fourth-order valence-electron chi connectivity index (χ4n) is 4.08. The number of likely N-dealkylation sites (tertiary alicyclic amines) is 2. The average Bonchev–Trinajstić information content (AvgIpc) is 2.67. The van der Waals surface area contributed by atoms with Crippen molar-refractivity contribution in [1.82, 2.24) is 9.80 Å². The van der Waals surface area contributed by atoms with Crippen LogP contribution in [0.15, 0.2) is 24.3 Å². The Labute approximate surface area is 149 Å². The summed E-state index contributed by atoms with van der Waals surface area (Å²) in [7, 11) is 0. The fraction of sp³-hybridized carbons (Fsp3) is 0.600. The summed E-state index contributed by atoms with van der Waals surface area (Å²) < 4.78 is 13.3. The van der Waals surface area contributed by atoms with Crippen LogP contribution in [0, 0.1) is 11.7 Å². The summed E-state index contributed by atoms with van der Waals surface area (Å²) in [6.07, 6.45) is 5.84. The molecule has 4 nitrogen and oxygen atoms in total. The van der Waals surface area contributed by atoms with Gasteiger partial charge >= 0.3 is 0 Å². The van der Waals surface area contributed by atoms with Crippen molar-refractivity contribution in [3.05, 3.63) is 35.6 Å². The first-order valence-corrected chi connectivity index (χ1v) is 9.45. The van der Waals surface area contributed by atoms with Gasteiger partial charge < -0.3 is 9.80 Å². The van der Waals surface area contributed by atoms with Gasteiger partial charge in [0.2, 0.25) is 5.91 Å². The van der Waals surface area contributed by atoms with Gasteiger partial charge in [0.15, 0.2) is 0 Å². The Morgan fingerprint density at radius 3 is 2.56 bits per heavy atom. The molecule has 25 heavy (non-hydrogen) atoms. The zero-order valence-corrected chi connectivity index (χ0v) is 14.9. The Balaban J connectivity index is 1.58. The van der Waals surface area contributed by atoms with Crippen molar-refractivity contribution in [2.24, 2.45) is 5.92 Å². The van der Waals surface area contributed by atoms with E-state index >= 15 is 0 Å². The molecule has 2 heterocycles. The number of piperidine rings is 2. The molecule has 5 heteroatoms. The fourth-order valence-corrected chi connectivity index (χ4v) is 4.08. The molecule has 2 amide bonds. The third-order valence-electron chi connectivity index (χ3n) is 5.58. The third kappa shape index (κ3) is 4.02. The SMILES string of the molecule is CC[C@@H]1CCCCN1C(=O)C1CCN(C(=O)c2cccc(F)c2)CC1. The molecule has 0 radical (unpaired) electrons. The topological polar surface area (TPSA) is 40.6 Å². The quantitative estimate of drug-likeness (QED) is 0.841. The minimum atomic E-state index is -0.397. The van der Waals surface area contributed by atoms with Crippen molar-refractivity contribution in [1.29, 1.82) is 0 Å². The number of rotatable bonds is 3. The highest BCUT2D eigenvalue weighted by atomic mass is 19.1. The second-order valence-electron chi connectivity index (χ2n) is 7.17. The van der Waals surface area contributed by atoms with Gasteiger partial charge in [0.1, 0.15) is 5.82 Å². The number of hydrogen-bond donors (Lipinski definition) is 0. The van der Waals surface area contributed by atoms with E-state index in [1.807, 2.05) is 0 Å². The first-order chi connectivity index (χ1) is 12.1. The third-order valence-corrected chi connectivity index (χ3v) is 5.58. The minimum absolute atomic E-state index is 0.0173. The van der Waals surface area contributed by atoms with Crippen LogP contribution in [0.5, 0.6) is 0 Å². The van der Waals surface area contributed by atoms with E-state index in [0.29, 0.717) is 37.5 Å². The van der Waals surface area contributed by atoms with Crippen LogP contribution in [0.4, 0.5) is 4.39 Å². The number of nitrogens with zero attached hydrogens (tertiary/aromatic N) is 2. The van der Waals surface area contributed by atoms with Crippen molar-refractivity contribution < 1.29 is 14.0 Å². The Morgan fingerprint density at radius 2 is 1.88 bits per heavy atom. The maximum Gasteiger partial charge on any atom is 0.253 e. The molecule has 2 fully saturated rings. The molecule has 0 saturated carbocycles. The summed E-state index contributed by atoms with van der Waals surface area (Å²) in [4.78, 5) is 29.2. The highest BCUT2D eigenvalue weighted by molar-refractivity contribution is 5.94. The Morgan fingerprint density at radius 1 is 1.12 bits per heavy atom. The number of halogens is 1. The first-order valence-electron chi connectivity index (χ1n) is 9.45. The van der Waals surface area contributed by atoms with Crippen LogP contribution in [0.3, 0.4) is 0 Å². The van der Waals surface area contributed by atoms with Gasteiger partial charge in [-0.2, -0.15) is 0 Å². The molecule has 0 aromatic heterocycles.